The van der Waals surface area contributed by atoms with Gasteiger partial charge < -0.3 is 18.0 Å². The van der Waals surface area contributed by atoms with E-state index >= 15 is 0 Å². The van der Waals surface area contributed by atoms with Crippen LogP contribution in [-0.2, 0) is 12.0 Å². The number of hydrogen-bond acceptors (Lipinski definition) is 4. The van der Waals surface area contributed by atoms with Crippen molar-refractivity contribution in [3.8, 4) is 28.0 Å². The fourth-order valence-corrected chi connectivity index (χ4v) is 6.31. The summed E-state index contributed by atoms with van der Waals surface area (Å²) >= 11 is 0. The van der Waals surface area contributed by atoms with Gasteiger partial charge in [-0.3, -0.25) is 0 Å². The normalized spacial score (nSPS) is 12.1. The Morgan fingerprint density at radius 2 is 1.34 bits per heavy atom. The zero-order valence-corrected chi connectivity index (χ0v) is 24.6. The summed E-state index contributed by atoms with van der Waals surface area (Å²) in [7, 11) is -1.95. The first-order valence-corrected chi connectivity index (χ1v) is 14.9. The van der Waals surface area contributed by atoms with Gasteiger partial charge in [0.2, 0.25) is 0 Å². The van der Waals surface area contributed by atoms with Crippen molar-refractivity contribution in [2.45, 2.75) is 39.7 Å². The first kappa shape index (κ1) is 27.0. The van der Waals surface area contributed by atoms with Crippen LogP contribution in [0.15, 0.2) is 118 Å². The number of hydrogen-bond donors (Lipinski definition) is 1. The lowest BCUT2D eigenvalue weighted by atomic mass is 9.86. The maximum absolute atomic E-state index is 10.3. The monoisotopic (exact) mass is 560 g/mol. The Hall–Kier alpha value is -4.24. The first-order chi connectivity index (χ1) is 19.8. The van der Waals surface area contributed by atoms with E-state index in [1.807, 2.05) is 55.5 Å². The van der Waals surface area contributed by atoms with Crippen LogP contribution in [0.3, 0.4) is 0 Å². The van der Waals surface area contributed by atoms with E-state index in [4.69, 9.17) is 12.9 Å². The van der Waals surface area contributed by atoms with Crippen LogP contribution < -0.4 is 4.52 Å². The smallest absolute Gasteiger partial charge is 0.392 e. The fraction of sp³-hybridized carbons (Fsp3) is 0.167. The van der Waals surface area contributed by atoms with Gasteiger partial charge in [0.15, 0.2) is 11.3 Å². The highest BCUT2D eigenvalue weighted by Gasteiger charge is 2.20. The summed E-state index contributed by atoms with van der Waals surface area (Å²) in [5.74, 6) is 0.686. The molecule has 0 aliphatic carbocycles. The van der Waals surface area contributed by atoms with E-state index in [0.29, 0.717) is 22.5 Å². The number of aryl methyl sites for hydroxylation is 1. The van der Waals surface area contributed by atoms with Crippen molar-refractivity contribution in [1.29, 1.82) is 0 Å². The summed E-state index contributed by atoms with van der Waals surface area (Å²) in [6.45, 7) is 8.43. The highest BCUT2D eigenvalue weighted by molar-refractivity contribution is 7.32. The molecule has 0 aliphatic heterocycles. The van der Waals surface area contributed by atoms with Crippen molar-refractivity contribution in [2.24, 2.45) is 0 Å². The minimum Gasteiger partial charge on any atom is -0.392 e. The Labute approximate surface area is 241 Å². The lowest BCUT2D eigenvalue weighted by Gasteiger charge is -2.18. The Morgan fingerprint density at radius 1 is 0.707 bits per heavy atom. The Balaban J connectivity index is 1.66. The zero-order chi connectivity index (χ0) is 28.6. The van der Waals surface area contributed by atoms with Crippen molar-refractivity contribution in [2.75, 3.05) is 0 Å². The maximum atomic E-state index is 10.3. The molecule has 1 N–H and O–H groups in total. The SMILES string of the molecule is Cc1cc(CO)c2op(Oc3c(-c4ccccc4)cccc3-c3ccccc3)oc3cc(C(C)(C)C)ccc3c2c1. The van der Waals surface area contributed by atoms with Crippen LogP contribution in [0.5, 0.6) is 5.75 Å². The molecular weight excluding hydrogens is 527 g/mol. The lowest BCUT2D eigenvalue weighted by molar-refractivity contribution is 0.282. The Morgan fingerprint density at radius 3 is 1.93 bits per heavy atom. The molecule has 0 aliphatic rings. The van der Waals surface area contributed by atoms with Gasteiger partial charge in [0.1, 0.15) is 5.58 Å². The molecule has 0 spiro atoms. The van der Waals surface area contributed by atoms with E-state index < -0.39 is 8.24 Å². The van der Waals surface area contributed by atoms with Gasteiger partial charge >= 0.3 is 8.24 Å². The van der Waals surface area contributed by atoms with Crippen molar-refractivity contribution in [3.05, 3.63) is 126 Å². The highest BCUT2D eigenvalue weighted by atomic mass is 31.1. The Bertz CT molecular complexity index is 1830. The summed E-state index contributed by atoms with van der Waals surface area (Å²) < 4.78 is 20.0. The van der Waals surface area contributed by atoms with E-state index in [-0.39, 0.29) is 12.0 Å². The molecule has 6 rings (SSSR count). The predicted molar refractivity (Wildman–Crippen MR) is 169 cm³/mol. The lowest BCUT2D eigenvalue weighted by Crippen LogP contribution is -2.10. The molecular formula is C36H33O4P. The van der Waals surface area contributed by atoms with E-state index in [0.717, 1.165) is 44.2 Å². The van der Waals surface area contributed by atoms with Gasteiger partial charge in [0, 0.05) is 27.5 Å². The molecule has 0 amide bonds. The summed E-state index contributed by atoms with van der Waals surface area (Å²) in [4.78, 5) is 0. The molecule has 1 aromatic heterocycles. The van der Waals surface area contributed by atoms with Gasteiger partial charge in [-0.2, -0.15) is 0 Å². The minimum atomic E-state index is -1.95. The van der Waals surface area contributed by atoms with Crippen molar-refractivity contribution in [3.63, 3.8) is 0 Å². The molecule has 0 fully saturated rings. The molecule has 0 bridgehead atoms. The maximum Gasteiger partial charge on any atom is 0.453 e. The summed E-state index contributed by atoms with van der Waals surface area (Å²) in [5, 5.41) is 12.1. The number of benzene rings is 5. The molecule has 41 heavy (non-hydrogen) atoms. The molecule has 5 aromatic carbocycles. The third-order valence-corrected chi connectivity index (χ3v) is 8.32. The third-order valence-electron chi connectivity index (χ3n) is 7.31. The van der Waals surface area contributed by atoms with E-state index in [1.165, 1.54) is 0 Å². The van der Waals surface area contributed by atoms with E-state index in [2.05, 4.69) is 81.4 Å². The van der Waals surface area contributed by atoms with Gasteiger partial charge in [-0.25, -0.2) is 0 Å². The molecule has 4 nitrogen and oxygen atoms in total. The molecule has 0 saturated heterocycles. The van der Waals surface area contributed by atoms with Gasteiger partial charge in [-0.05, 0) is 52.8 Å². The topological polar surface area (TPSA) is 55.7 Å². The van der Waals surface area contributed by atoms with Gasteiger partial charge in [0.05, 0.1) is 6.61 Å². The van der Waals surface area contributed by atoms with Gasteiger partial charge in [-0.1, -0.05) is 112 Å². The van der Waals surface area contributed by atoms with Crippen LogP contribution in [0.4, 0.5) is 0 Å². The molecule has 5 heteroatoms. The van der Waals surface area contributed by atoms with Crippen LogP contribution in [0.1, 0.15) is 37.5 Å². The second-order valence-corrected chi connectivity index (χ2v) is 12.3. The summed E-state index contributed by atoms with van der Waals surface area (Å²) in [6.07, 6.45) is 0. The molecule has 1 atom stereocenters. The quantitative estimate of drug-likeness (QED) is 0.228. The molecule has 0 saturated carbocycles. The van der Waals surface area contributed by atoms with E-state index in [9.17, 15) is 5.11 Å². The molecule has 206 valence electrons. The average Bonchev–Trinajstić information content (AvgIpc) is 3.13. The predicted octanol–water partition coefficient (Wildman–Crippen LogP) is 10.6. The first-order valence-electron chi connectivity index (χ1n) is 13.8. The third kappa shape index (κ3) is 5.41. The molecule has 6 aromatic rings. The molecule has 0 radical (unpaired) electrons. The van der Waals surface area contributed by atoms with Crippen molar-refractivity contribution >= 4 is 30.2 Å². The minimum absolute atomic E-state index is 0.0682. The molecule has 1 unspecified atom stereocenters. The standard InChI is InChI=1S/C36H33O4P/c1-24-20-27(23-37)34-32(21-24)31-19-18-28(36(2,3)4)22-33(31)38-41(39-34)40-35-29(25-12-7-5-8-13-25)16-11-17-30(35)26-14-9-6-10-15-26/h5-22,37H,23H2,1-4H3. The summed E-state index contributed by atoms with van der Waals surface area (Å²) in [6, 6.07) is 36.9. The second-order valence-electron chi connectivity index (χ2n) is 11.3. The van der Waals surface area contributed by atoms with Crippen molar-refractivity contribution < 1.29 is 18.0 Å². The van der Waals surface area contributed by atoms with Crippen molar-refractivity contribution in [1.82, 2.24) is 0 Å². The fourth-order valence-electron chi connectivity index (χ4n) is 5.17. The number of aliphatic hydroxyl groups is 1. The van der Waals surface area contributed by atoms with Gasteiger partial charge in [-0.15, -0.1) is 0 Å². The largest absolute Gasteiger partial charge is 0.453 e. The number of fused-ring (bicyclic) bond motifs is 3. The van der Waals surface area contributed by atoms with Crippen LogP contribution >= 0.6 is 8.24 Å². The second kappa shape index (κ2) is 11.0. The number of rotatable bonds is 5. The zero-order valence-electron chi connectivity index (χ0n) is 23.7. The summed E-state index contributed by atoms with van der Waals surface area (Å²) in [5.41, 5.74) is 8.07. The Kier molecular flexibility index (Phi) is 7.21. The van der Waals surface area contributed by atoms with Crippen LogP contribution in [-0.4, -0.2) is 5.11 Å². The van der Waals surface area contributed by atoms with Crippen LogP contribution in [0.2, 0.25) is 0 Å². The van der Waals surface area contributed by atoms with Gasteiger partial charge in [0.25, 0.3) is 0 Å². The van der Waals surface area contributed by atoms with E-state index in [1.54, 1.807) is 0 Å². The number of para-hydroxylation sites is 1. The van der Waals surface area contributed by atoms with Crippen LogP contribution in [0, 0.1) is 6.92 Å². The molecule has 1 heterocycles. The van der Waals surface area contributed by atoms with Crippen LogP contribution in [0.25, 0.3) is 44.2 Å². The highest BCUT2D eigenvalue weighted by Crippen LogP contribution is 2.46. The number of aliphatic hydroxyl groups excluding tert-OH is 1. The average molecular weight is 561 g/mol.